The van der Waals surface area contributed by atoms with Gasteiger partial charge < -0.3 is 15.7 Å². The van der Waals surface area contributed by atoms with Gasteiger partial charge in [-0.3, -0.25) is 0 Å². The summed E-state index contributed by atoms with van der Waals surface area (Å²) in [6.45, 7) is 0.763. The van der Waals surface area contributed by atoms with Crippen LogP contribution in [0.2, 0.25) is 0 Å². The van der Waals surface area contributed by atoms with Crippen molar-refractivity contribution in [1.29, 1.82) is 0 Å². The fourth-order valence-electron chi connectivity index (χ4n) is 2.80. The molecule has 1 fully saturated rings. The van der Waals surface area contributed by atoms with Crippen molar-refractivity contribution in [1.82, 2.24) is 10.6 Å². The van der Waals surface area contributed by atoms with Crippen LogP contribution in [-0.4, -0.2) is 23.7 Å². The van der Waals surface area contributed by atoms with E-state index in [9.17, 15) is 14.0 Å². The lowest BCUT2D eigenvalue weighted by molar-refractivity contribution is 0.0697. The monoisotopic (exact) mass is 342 g/mol. The predicted molar refractivity (Wildman–Crippen MR) is 91.0 cm³/mol. The minimum Gasteiger partial charge on any atom is -0.478 e. The SMILES string of the molecule is O=C(NCc1ccc(C(=O)O)cc1)NCC1(c2cccc(F)c2)CC1. The lowest BCUT2D eigenvalue weighted by atomic mass is 9.96. The maximum absolute atomic E-state index is 13.4. The molecular weight excluding hydrogens is 323 g/mol. The first-order valence-electron chi connectivity index (χ1n) is 8.08. The minimum atomic E-state index is -0.982. The van der Waals surface area contributed by atoms with E-state index in [2.05, 4.69) is 10.6 Å². The molecule has 3 rings (SSSR count). The molecule has 6 heteroatoms. The Hall–Kier alpha value is -2.89. The second-order valence-corrected chi connectivity index (χ2v) is 6.33. The third-order valence-corrected chi connectivity index (χ3v) is 4.53. The van der Waals surface area contributed by atoms with E-state index in [0.717, 1.165) is 24.0 Å². The van der Waals surface area contributed by atoms with E-state index in [1.165, 1.54) is 24.3 Å². The van der Waals surface area contributed by atoms with E-state index in [0.29, 0.717) is 13.1 Å². The number of halogens is 1. The molecule has 0 radical (unpaired) electrons. The number of nitrogens with one attached hydrogen (secondary N) is 2. The molecule has 1 aliphatic carbocycles. The van der Waals surface area contributed by atoms with E-state index in [4.69, 9.17) is 5.11 Å². The molecule has 1 saturated carbocycles. The average molecular weight is 342 g/mol. The number of benzene rings is 2. The highest BCUT2D eigenvalue weighted by molar-refractivity contribution is 5.87. The number of hydrogen-bond donors (Lipinski definition) is 3. The first-order valence-corrected chi connectivity index (χ1v) is 8.08. The van der Waals surface area contributed by atoms with Crippen molar-refractivity contribution in [3.05, 3.63) is 71.0 Å². The van der Waals surface area contributed by atoms with Crippen LogP contribution in [0.15, 0.2) is 48.5 Å². The van der Waals surface area contributed by atoms with Gasteiger partial charge in [0.2, 0.25) is 0 Å². The van der Waals surface area contributed by atoms with Gasteiger partial charge in [0.05, 0.1) is 5.56 Å². The van der Waals surface area contributed by atoms with Gasteiger partial charge in [-0.15, -0.1) is 0 Å². The van der Waals surface area contributed by atoms with Crippen LogP contribution in [0.5, 0.6) is 0 Å². The number of carbonyl (C=O) groups excluding carboxylic acids is 1. The van der Waals surface area contributed by atoms with Crippen LogP contribution >= 0.6 is 0 Å². The average Bonchev–Trinajstić information content (AvgIpc) is 3.40. The summed E-state index contributed by atoms with van der Waals surface area (Å²) in [6, 6.07) is 12.5. The summed E-state index contributed by atoms with van der Waals surface area (Å²) in [5.74, 6) is -1.25. The smallest absolute Gasteiger partial charge is 0.335 e. The number of rotatable bonds is 6. The molecule has 2 amide bonds. The highest BCUT2D eigenvalue weighted by Gasteiger charge is 2.44. The molecule has 5 nitrogen and oxygen atoms in total. The van der Waals surface area contributed by atoms with Gasteiger partial charge in [-0.1, -0.05) is 24.3 Å². The first-order chi connectivity index (χ1) is 12.0. The van der Waals surface area contributed by atoms with Crippen LogP contribution in [0.3, 0.4) is 0 Å². The maximum atomic E-state index is 13.4. The Kier molecular flexibility index (Phi) is 4.70. The lowest BCUT2D eigenvalue weighted by Gasteiger charge is -2.17. The lowest BCUT2D eigenvalue weighted by Crippen LogP contribution is -2.39. The summed E-state index contributed by atoms with van der Waals surface area (Å²) in [5, 5.41) is 14.4. The van der Waals surface area contributed by atoms with Crippen LogP contribution in [0.25, 0.3) is 0 Å². The molecule has 0 atom stereocenters. The summed E-state index contributed by atoms with van der Waals surface area (Å²) >= 11 is 0. The highest BCUT2D eigenvalue weighted by Crippen LogP contribution is 2.47. The third kappa shape index (κ3) is 4.15. The van der Waals surface area contributed by atoms with Crippen molar-refractivity contribution < 1.29 is 19.1 Å². The largest absolute Gasteiger partial charge is 0.478 e. The summed E-state index contributed by atoms with van der Waals surface area (Å²) in [4.78, 5) is 22.8. The Morgan fingerprint density at radius 2 is 1.80 bits per heavy atom. The Morgan fingerprint density at radius 3 is 2.40 bits per heavy atom. The van der Waals surface area contributed by atoms with E-state index < -0.39 is 5.97 Å². The van der Waals surface area contributed by atoms with Crippen molar-refractivity contribution in [3.63, 3.8) is 0 Å². The zero-order valence-corrected chi connectivity index (χ0v) is 13.6. The minimum absolute atomic E-state index is 0.164. The fraction of sp³-hybridized carbons (Fsp3) is 0.263. The summed E-state index contributed by atoms with van der Waals surface area (Å²) in [6.07, 6.45) is 1.85. The number of carbonyl (C=O) groups is 2. The van der Waals surface area contributed by atoms with Gasteiger partial charge >= 0.3 is 12.0 Å². The number of aromatic carboxylic acids is 1. The molecule has 130 valence electrons. The number of hydrogen-bond acceptors (Lipinski definition) is 2. The van der Waals surface area contributed by atoms with Crippen LogP contribution in [0, 0.1) is 5.82 Å². The third-order valence-electron chi connectivity index (χ3n) is 4.53. The fourth-order valence-corrected chi connectivity index (χ4v) is 2.80. The molecule has 25 heavy (non-hydrogen) atoms. The normalized spacial score (nSPS) is 14.6. The molecule has 0 aliphatic heterocycles. The van der Waals surface area contributed by atoms with Crippen molar-refractivity contribution in [2.24, 2.45) is 0 Å². The van der Waals surface area contributed by atoms with Crippen molar-refractivity contribution in [3.8, 4) is 0 Å². The van der Waals surface area contributed by atoms with Gasteiger partial charge in [0, 0.05) is 18.5 Å². The van der Waals surface area contributed by atoms with E-state index in [-0.39, 0.29) is 22.8 Å². The first kappa shape index (κ1) is 17.0. The summed E-state index contributed by atoms with van der Waals surface area (Å²) in [5.41, 5.74) is 1.77. The second kappa shape index (κ2) is 6.93. The number of amides is 2. The Labute approximate surface area is 144 Å². The van der Waals surface area contributed by atoms with Crippen LogP contribution in [0.4, 0.5) is 9.18 Å². The van der Waals surface area contributed by atoms with Gasteiger partial charge in [-0.05, 0) is 48.2 Å². The van der Waals surface area contributed by atoms with Crippen LogP contribution < -0.4 is 10.6 Å². The number of urea groups is 1. The molecule has 0 bridgehead atoms. The predicted octanol–water partition coefficient (Wildman–Crippen LogP) is 3.05. The quantitative estimate of drug-likeness (QED) is 0.755. The highest BCUT2D eigenvalue weighted by atomic mass is 19.1. The topological polar surface area (TPSA) is 78.4 Å². The standard InChI is InChI=1S/C19H19FN2O3/c20-16-3-1-2-15(10-16)19(8-9-19)12-22-18(25)21-11-13-4-6-14(7-5-13)17(23)24/h1-7,10H,8-9,11-12H2,(H,23,24)(H2,21,22,25). The van der Waals surface area contributed by atoms with Crippen molar-refractivity contribution in [2.45, 2.75) is 24.8 Å². The molecule has 3 N–H and O–H groups in total. The molecule has 0 aromatic heterocycles. The summed E-state index contributed by atoms with van der Waals surface area (Å²) < 4.78 is 13.4. The van der Waals surface area contributed by atoms with Crippen molar-refractivity contribution >= 4 is 12.0 Å². The summed E-state index contributed by atoms with van der Waals surface area (Å²) in [7, 11) is 0. The molecule has 0 saturated heterocycles. The van der Waals surface area contributed by atoms with Gasteiger partial charge in [0.1, 0.15) is 5.82 Å². The Bertz CT molecular complexity index is 786. The Morgan fingerprint density at radius 1 is 1.08 bits per heavy atom. The molecule has 0 heterocycles. The molecule has 2 aromatic rings. The molecule has 0 spiro atoms. The van der Waals surface area contributed by atoms with Gasteiger partial charge in [-0.25, -0.2) is 14.0 Å². The number of carboxylic acid groups (broad SMARTS) is 1. The number of carboxylic acids is 1. The molecule has 0 unspecified atom stereocenters. The van der Waals surface area contributed by atoms with Crippen LogP contribution in [-0.2, 0) is 12.0 Å². The zero-order valence-electron chi connectivity index (χ0n) is 13.6. The van der Waals surface area contributed by atoms with E-state index in [1.54, 1.807) is 18.2 Å². The molecule has 1 aliphatic rings. The zero-order chi connectivity index (χ0) is 17.9. The second-order valence-electron chi connectivity index (χ2n) is 6.33. The van der Waals surface area contributed by atoms with Gasteiger partial charge in [-0.2, -0.15) is 0 Å². The van der Waals surface area contributed by atoms with E-state index in [1.807, 2.05) is 6.07 Å². The molecule has 2 aromatic carbocycles. The maximum Gasteiger partial charge on any atom is 0.335 e. The van der Waals surface area contributed by atoms with Crippen molar-refractivity contribution in [2.75, 3.05) is 6.54 Å². The van der Waals surface area contributed by atoms with Gasteiger partial charge in [0.25, 0.3) is 0 Å². The van der Waals surface area contributed by atoms with Crippen LogP contribution in [0.1, 0.15) is 34.3 Å². The van der Waals surface area contributed by atoms with E-state index >= 15 is 0 Å². The molecular formula is C19H19FN2O3. The Balaban J connectivity index is 1.49. The van der Waals surface area contributed by atoms with Gasteiger partial charge in [0.15, 0.2) is 0 Å².